The Bertz CT molecular complexity index is 1100. The van der Waals surface area contributed by atoms with E-state index in [0.29, 0.717) is 35.8 Å². The maximum atomic E-state index is 13.5. The highest BCUT2D eigenvalue weighted by atomic mass is 35.5. The molecule has 154 valence electrons. The van der Waals surface area contributed by atoms with Crippen molar-refractivity contribution in [2.75, 3.05) is 11.4 Å². The minimum absolute atomic E-state index is 0.130. The van der Waals surface area contributed by atoms with E-state index >= 15 is 0 Å². The molecule has 0 saturated heterocycles. The van der Waals surface area contributed by atoms with Crippen LogP contribution in [0.15, 0.2) is 60.7 Å². The number of unbranched alkanes of at least 4 members (excludes halogenated alkanes) is 1. The molecule has 0 aliphatic carbocycles. The molecule has 0 spiro atoms. The zero-order valence-electron chi connectivity index (χ0n) is 16.6. The summed E-state index contributed by atoms with van der Waals surface area (Å²) in [7, 11) is 0. The van der Waals surface area contributed by atoms with Crippen LogP contribution in [0.3, 0.4) is 0 Å². The number of fused-ring (bicyclic) bond motifs is 2. The quantitative estimate of drug-likeness (QED) is 0.583. The fourth-order valence-corrected chi connectivity index (χ4v) is 4.06. The van der Waals surface area contributed by atoms with Gasteiger partial charge in [0.1, 0.15) is 6.04 Å². The second-order valence-corrected chi connectivity index (χ2v) is 8.01. The molecule has 0 fully saturated rings. The third-order valence-corrected chi connectivity index (χ3v) is 5.70. The van der Waals surface area contributed by atoms with Crippen LogP contribution in [0.4, 0.5) is 5.69 Å². The van der Waals surface area contributed by atoms with Crippen molar-refractivity contribution < 1.29 is 9.59 Å². The van der Waals surface area contributed by atoms with E-state index in [9.17, 15) is 9.59 Å². The van der Waals surface area contributed by atoms with Gasteiger partial charge in [-0.3, -0.25) is 9.59 Å². The van der Waals surface area contributed by atoms with Crippen LogP contribution >= 0.6 is 11.6 Å². The molecular weight excluding hydrogens is 398 g/mol. The van der Waals surface area contributed by atoms with Crippen molar-refractivity contribution in [3.05, 3.63) is 76.8 Å². The van der Waals surface area contributed by atoms with Gasteiger partial charge in [0, 0.05) is 5.02 Å². The van der Waals surface area contributed by atoms with Crippen molar-refractivity contribution in [2.45, 2.75) is 31.8 Å². The smallest absolute Gasteiger partial charge is 0.254 e. The Morgan fingerprint density at radius 1 is 0.967 bits per heavy atom. The molecule has 2 amide bonds. The third kappa shape index (κ3) is 4.18. The van der Waals surface area contributed by atoms with Gasteiger partial charge in [0.05, 0.1) is 17.8 Å². The summed E-state index contributed by atoms with van der Waals surface area (Å²) in [4.78, 5) is 28.0. The molecule has 4 rings (SSSR count). The fourth-order valence-electron chi connectivity index (χ4n) is 3.90. The lowest BCUT2D eigenvalue weighted by molar-refractivity contribution is -0.120. The first-order valence-corrected chi connectivity index (χ1v) is 10.5. The molecule has 0 radical (unpaired) electrons. The zero-order chi connectivity index (χ0) is 21.1. The van der Waals surface area contributed by atoms with Crippen LogP contribution in [-0.2, 0) is 11.3 Å². The molecule has 0 unspecified atom stereocenters. The number of carbonyl (C=O) groups is 2. The summed E-state index contributed by atoms with van der Waals surface area (Å²) >= 11 is 6.23. The normalized spacial score (nSPS) is 16.3. The average molecular weight is 422 g/mol. The van der Waals surface area contributed by atoms with Gasteiger partial charge in [0.2, 0.25) is 5.91 Å². The molecule has 30 heavy (non-hydrogen) atoms. The van der Waals surface area contributed by atoms with Crippen LogP contribution in [0.1, 0.15) is 35.2 Å². The molecule has 0 aromatic heterocycles. The largest absolute Gasteiger partial charge is 0.340 e. The van der Waals surface area contributed by atoms with Gasteiger partial charge in [-0.05, 0) is 66.4 Å². The number of nitrogens with one attached hydrogen (secondary N) is 1. The first kappa shape index (κ1) is 20.4. The number of hydrogen-bond donors (Lipinski definition) is 2. The van der Waals surface area contributed by atoms with Crippen molar-refractivity contribution >= 4 is 39.9 Å². The second kappa shape index (κ2) is 8.86. The number of amides is 2. The van der Waals surface area contributed by atoms with Crippen LogP contribution in [0.5, 0.6) is 0 Å². The molecule has 3 aromatic rings. The Hall–Kier alpha value is -2.89. The lowest BCUT2D eigenvalue weighted by Gasteiger charge is -2.26. The molecule has 1 aliphatic heterocycles. The Morgan fingerprint density at radius 2 is 1.77 bits per heavy atom. The van der Waals surface area contributed by atoms with E-state index in [1.54, 1.807) is 23.1 Å². The Morgan fingerprint density at radius 3 is 2.57 bits per heavy atom. The van der Waals surface area contributed by atoms with Gasteiger partial charge in [-0.25, -0.2) is 0 Å². The molecular formula is C24H24ClN3O2. The maximum absolute atomic E-state index is 13.5. The molecule has 5 nitrogen and oxygen atoms in total. The molecule has 6 heteroatoms. The maximum Gasteiger partial charge on any atom is 0.254 e. The number of carbonyl (C=O) groups excluding carboxylic acids is 2. The fraction of sp³-hybridized carbons (Fsp3) is 0.250. The molecule has 0 saturated carbocycles. The van der Waals surface area contributed by atoms with Gasteiger partial charge in [-0.1, -0.05) is 48.0 Å². The number of nitrogens with zero attached hydrogens (tertiary/aromatic N) is 1. The van der Waals surface area contributed by atoms with Gasteiger partial charge in [0.25, 0.3) is 5.91 Å². The van der Waals surface area contributed by atoms with Gasteiger partial charge in [0.15, 0.2) is 0 Å². The van der Waals surface area contributed by atoms with Crippen molar-refractivity contribution in [2.24, 2.45) is 5.73 Å². The highest BCUT2D eigenvalue weighted by Gasteiger charge is 2.33. The molecule has 0 bridgehead atoms. The topological polar surface area (TPSA) is 75.4 Å². The average Bonchev–Trinajstić information content (AvgIpc) is 2.84. The predicted molar refractivity (Wildman–Crippen MR) is 121 cm³/mol. The number of benzene rings is 3. The lowest BCUT2D eigenvalue weighted by atomic mass is 10.0. The minimum atomic E-state index is -0.587. The second-order valence-electron chi connectivity index (χ2n) is 7.58. The number of halogens is 1. The molecule has 1 heterocycles. The van der Waals surface area contributed by atoms with E-state index in [1.807, 2.05) is 24.3 Å². The van der Waals surface area contributed by atoms with Gasteiger partial charge < -0.3 is 16.0 Å². The van der Waals surface area contributed by atoms with Crippen LogP contribution < -0.4 is 16.0 Å². The molecule has 3 N–H and O–H groups in total. The minimum Gasteiger partial charge on any atom is -0.340 e. The van der Waals surface area contributed by atoms with E-state index in [0.717, 1.165) is 29.2 Å². The number of anilines is 1. The summed E-state index contributed by atoms with van der Waals surface area (Å²) in [6.45, 7) is 0.921. The van der Waals surface area contributed by atoms with E-state index < -0.39 is 6.04 Å². The van der Waals surface area contributed by atoms with E-state index in [4.69, 9.17) is 17.3 Å². The zero-order valence-corrected chi connectivity index (χ0v) is 17.4. The molecule has 1 aliphatic rings. The van der Waals surface area contributed by atoms with Crippen LogP contribution in [-0.4, -0.2) is 24.4 Å². The van der Waals surface area contributed by atoms with Gasteiger partial charge in [-0.15, -0.1) is 0 Å². The Balaban J connectivity index is 1.72. The van der Waals surface area contributed by atoms with E-state index in [2.05, 4.69) is 23.5 Å². The van der Waals surface area contributed by atoms with Crippen LogP contribution in [0.2, 0.25) is 5.02 Å². The first-order valence-electron chi connectivity index (χ1n) is 10.2. The number of hydrogen-bond acceptors (Lipinski definition) is 3. The van der Waals surface area contributed by atoms with Crippen molar-refractivity contribution in [3.8, 4) is 0 Å². The Kier molecular flexibility index (Phi) is 6.02. The predicted octanol–water partition coefficient (Wildman–Crippen LogP) is 4.27. The summed E-state index contributed by atoms with van der Waals surface area (Å²) in [5.41, 5.74) is 7.58. The monoisotopic (exact) mass is 421 g/mol. The lowest BCUT2D eigenvalue weighted by Crippen LogP contribution is -2.45. The SMILES string of the molecule is NCCCC[C@@H]1NC(=O)c2ccc(Cl)cc2N(Cc2ccc3ccccc3c2)C1=O. The highest BCUT2D eigenvalue weighted by Crippen LogP contribution is 2.30. The summed E-state index contributed by atoms with van der Waals surface area (Å²) in [6.07, 6.45) is 2.13. The highest BCUT2D eigenvalue weighted by molar-refractivity contribution is 6.31. The molecule has 1 atom stereocenters. The number of rotatable bonds is 6. The van der Waals surface area contributed by atoms with Crippen LogP contribution in [0, 0.1) is 0 Å². The van der Waals surface area contributed by atoms with Crippen molar-refractivity contribution in [1.29, 1.82) is 0 Å². The van der Waals surface area contributed by atoms with E-state index in [1.165, 1.54) is 0 Å². The van der Waals surface area contributed by atoms with Crippen molar-refractivity contribution in [3.63, 3.8) is 0 Å². The summed E-state index contributed by atoms with van der Waals surface area (Å²) in [5, 5.41) is 5.63. The standard InChI is InChI=1S/C24H24ClN3O2/c25-19-10-11-20-22(14-19)28(24(30)21(27-23(20)29)7-3-4-12-26)15-16-8-9-17-5-1-2-6-18(17)13-16/h1-2,5-6,8-11,13-14,21H,3-4,7,12,15,26H2,(H,27,29)/t21-/m0/s1. The van der Waals surface area contributed by atoms with Crippen LogP contribution in [0.25, 0.3) is 10.8 Å². The van der Waals surface area contributed by atoms with Gasteiger partial charge >= 0.3 is 0 Å². The number of nitrogens with two attached hydrogens (primary N) is 1. The van der Waals surface area contributed by atoms with Crippen molar-refractivity contribution in [1.82, 2.24) is 5.32 Å². The van der Waals surface area contributed by atoms with E-state index in [-0.39, 0.29) is 11.8 Å². The molecule has 3 aromatic carbocycles. The summed E-state index contributed by atoms with van der Waals surface area (Å²) in [6, 6.07) is 18.7. The first-order chi connectivity index (χ1) is 14.6. The third-order valence-electron chi connectivity index (χ3n) is 5.47. The Labute approximate surface area is 180 Å². The summed E-state index contributed by atoms with van der Waals surface area (Å²) < 4.78 is 0. The summed E-state index contributed by atoms with van der Waals surface area (Å²) in [5.74, 6) is -0.386. The van der Waals surface area contributed by atoms with Gasteiger partial charge in [-0.2, -0.15) is 0 Å².